The summed E-state index contributed by atoms with van der Waals surface area (Å²) in [5.41, 5.74) is 0. The zero-order valence-corrected chi connectivity index (χ0v) is 3.41. The van der Waals surface area contributed by atoms with Gasteiger partial charge in [0.2, 0.25) is 0 Å². The molecule has 0 nitrogen and oxygen atoms in total. The van der Waals surface area contributed by atoms with Crippen LogP contribution in [0.4, 0.5) is 0 Å². The van der Waals surface area contributed by atoms with Crippen LogP contribution in [0.1, 0.15) is 71.2 Å². The molecule has 0 unspecified atom stereocenters. The highest BCUT2D eigenvalue weighted by molar-refractivity contribution is 4.12. The minimum atomic E-state index is 0. The van der Waals surface area contributed by atoms with Crippen molar-refractivity contribution in [2.75, 3.05) is 0 Å². The van der Waals surface area contributed by atoms with Gasteiger partial charge in [-0.15, -0.1) is 0 Å². The maximum absolute atomic E-state index is 2.18. The van der Waals surface area contributed by atoms with Gasteiger partial charge < -0.3 is 0 Å². The molecular formula is C10H34. The van der Waals surface area contributed by atoms with Gasteiger partial charge >= 0.3 is 0 Å². The Balaban J connectivity index is -0.00000000300. The van der Waals surface area contributed by atoms with E-state index in [1.807, 2.05) is 0 Å². The van der Waals surface area contributed by atoms with Crippen LogP contribution in [0.15, 0.2) is 0 Å². The van der Waals surface area contributed by atoms with E-state index in [-0.39, 0.29) is 44.6 Å². The molecule has 0 spiro atoms. The average Bonchev–Trinajstić information content (AvgIpc) is 1.37. The highest BCUT2D eigenvalue weighted by Crippen LogP contribution is 1.76. The molecular weight excluding hydrogens is 120 g/mol. The first-order valence-electron chi connectivity index (χ1n) is 1.91. The van der Waals surface area contributed by atoms with Crippen LogP contribution in [0.3, 0.4) is 0 Å². The summed E-state index contributed by atoms with van der Waals surface area (Å²) in [6.45, 7) is 4.36. The third kappa shape index (κ3) is 392. The molecule has 0 rings (SSSR count). The second-order valence-corrected chi connectivity index (χ2v) is 1.000. The zero-order valence-electron chi connectivity index (χ0n) is 3.41. The van der Waals surface area contributed by atoms with Gasteiger partial charge in [0.25, 0.3) is 0 Å². The monoisotopic (exact) mass is 154 g/mol. The van der Waals surface area contributed by atoms with Crippen molar-refractivity contribution in [1.29, 1.82) is 0 Å². The first kappa shape index (κ1) is 90.0. The summed E-state index contributed by atoms with van der Waals surface area (Å²) in [6.07, 6.45) is 2.64. The lowest BCUT2D eigenvalue weighted by molar-refractivity contribution is 0.886. The van der Waals surface area contributed by atoms with E-state index in [1.165, 1.54) is 12.8 Å². The Labute approximate surface area is 72.1 Å². The second-order valence-electron chi connectivity index (χ2n) is 1.000. The van der Waals surface area contributed by atoms with Crippen molar-refractivity contribution in [2.24, 2.45) is 0 Å². The first-order valence-corrected chi connectivity index (χ1v) is 1.91. The lowest BCUT2D eigenvalue weighted by Gasteiger charge is -1.68. The molecule has 0 aromatic heterocycles. The van der Waals surface area contributed by atoms with E-state index in [4.69, 9.17) is 0 Å². The van der Waals surface area contributed by atoms with Crippen molar-refractivity contribution in [1.82, 2.24) is 0 Å². The Hall–Kier alpha value is 0. The zero-order chi connectivity index (χ0) is 3.41. The van der Waals surface area contributed by atoms with Gasteiger partial charge in [-0.1, -0.05) is 71.2 Å². The van der Waals surface area contributed by atoms with E-state index in [9.17, 15) is 0 Å². The fourth-order valence-corrected chi connectivity index (χ4v) is 0. The topological polar surface area (TPSA) is 0 Å². The maximum atomic E-state index is 2.18. The third-order valence-electron chi connectivity index (χ3n) is 0.500. The van der Waals surface area contributed by atoms with Crippen LogP contribution in [-0.4, -0.2) is 0 Å². The largest absolute Gasteiger partial charge is 0.0776 e. The number of unbranched alkanes of at least 4 members (excludes halogenated alkanes) is 1. The quantitative estimate of drug-likeness (QED) is 0.459. The van der Waals surface area contributed by atoms with Crippen LogP contribution in [0, 0.1) is 0 Å². The number of hydrogen-bond acceptors (Lipinski definition) is 0. The van der Waals surface area contributed by atoms with Crippen LogP contribution < -0.4 is 0 Å². The summed E-state index contributed by atoms with van der Waals surface area (Å²) in [5.74, 6) is 0. The van der Waals surface area contributed by atoms with E-state index in [2.05, 4.69) is 13.8 Å². The van der Waals surface area contributed by atoms with E-state index in [0.29, 0.717) is 0 Å². The van der Waals surface area contributed by atoms with E-state index < -0.39 is 0 Å². The van der Waals surface area contributed by atoms with Crippen LogP contribution >= 0.6 is 0 Å². The van der Waals surface area contributed by atoms with Crippen molar-refractivity contribution >= 4 is 0 Å². The molecule has 0 N–H and O–H groups in total. The highest BCUT2D eigenvalue weighted by atomic mass is 13.6. The van der Waals surface area contributed by atoms with Crippen LogP contribution in [0.25, 0.3) is 0 Å². The third-order valence-corrected chi connectivity index (χ3v) is 0.500. The fourth-order valence-electron chi connectivity index (χ4n) is 0. The highest BCUT2D eigenvalue weighted by Gasteiger charge is 1.56. The predicted octanol–water partition coefficient (Wildman–Crippen LogP) is 5.62. The van der Waals surface area contributed by atoms with Crippen molar-refractivity contribution in [3.05, 3.63) is 0 Å². The summed E-state index contributed by atoms with van der Waals surface area (Å²) in [4.78, 5) is 0. The van der Waals surface area contributed by atoms with Gasteiger partial charge in [-0.3, -0.25) is 0 Å². The minimum absolute atomic E-state index is 0. The van der Waals surface area contributed by atoms with Gasteiger partial charge in [0.15, 0.2) is 0 Å². The van der Waals surface area contributed by atoms with Gasteiger partial charge in [0.1, 0.15) is 0 Å². The Morgan fingerprint density at radius 2 is 0.600 bits per heavy atom. The van der Waals surface area contributed by atoms with E-state index >= 15 is 0 Å². The molecule has 0 saturated heterocycles. The molecule has 0 aromatic carbocycles. The molecule has 0 bridgehead atoms. The van der Waals surface area contributed by atoms with Gasteiger partial charge in [-0.05, 0) is 0 Å². The standard InChI is InChI=1S/C4H10.6CH4/c1-3-4-2;;;;;;/h3-4H2,1-2H3;6*1H4. The minimum Gasteiger partial charge on any atom is -0.0776 e. The summed E-state index contributed by atoms with van der Waals surface area (Å²) in [6, 6.07) is 0. The van der Waals surface area contributed by atoms with Gasteiger partial charge in [-0.25, -0.2) is 0 Å². The molecule has 0 heteroatoms. The van der Waals surface area contributed by atoms with Crippen molar-refractivity contribution < 1.29 is 0 Å². The number of rotatable bonds is 1. The smallest absolute Gasteiger partial charge is 0.0564 e. The van der Waals surface area contributed by atoms with Gasteiger partial charge in [-0.2, -0.15) is 0 Å². The van der Waals surface area contributed by atoms with Crippen LogP contribution in [0.2, 0.25) is 0 Å². The van der Waals surface area contributed by atoms with E-state index in [1.54, 1.807) is 0 Å². The summed E-state index contributed by atoms with van der Waals surface area (Å²) < 4.78 is 0. The van der Waals surface area contributed by atoms with Crippen molar-refractivity contribution in [2.45, 2.75) is 71.2 Å². The Morgan fingerprint density at radius 1 is 0.500 bits per heavy atom. The summed E-state index contributed by atoms with van der Waals surface area (Å²) in [5, 5.41) is 0. The molecule has 0 aromatic rings. The SMILES string of the molecule is C.C.C.C.C.C.CCCC. The molecule has 0 aliphatic rings. The van der Waals surface area contributed by atoms with Crippen LogP contribution in [-0.2, 0) is 0 Å². The van der Waals surface area contributed by atoms with Gasteiger partial charge in [0, 0.05) is 0 Å². The lowest BCUT2D eigenvalue weighted by Crippen LogP contribution is -1.47. The van der Waals surface area contributed by atoms with Gasteiger partial charge in [0.05, 0.1) is 0 Å². The Morgan fingerprint density at radius 3 is 0.600 bits per heavy atom. The molecule has 0 heterocycles. The second kappa shape index (κ2) is 144. The molecule has 0 atom stereocenters. The Kier molecular flexibility index (Phi) is 1300. The van der Waals surface area contributed by atoms with E-state index in [0.717, 1.165) is 0 Å². The molecule has 0 fully saturated rings. The lowest BCUT2D eigenvalue weighted by atomic mass is 10.4. The maximum Gasteiger partial charge on any atom is -0.0564 e. The Bertz CT molecular complexity index is 2.00. The van der Waals surface area contributed by atoms with Crippen LogP contribution in [0.5, 0.6) is 0 Å². The molecule has 0 aliphatic carbocycles. The normalized spacial score (nSPS) is 3.00. The predicted molar refractivity (Wildman–Crippen MR) is 61.0 cm³/mol. The summed E-state index contributed by atoms with van der Waals surface area (Å²) >= 11 is 0. The molecule has 0 amide bonds. The molecule has 0 aliphatic heterocycles. The van der Waals surface area contributed by atoms with Crippen molar-refractivity contribution in [3.63, 3.8) is 0 Å². The fraction of sp³-hybridized carbons (Fsp3) is 1.00. The summed E-state index contributed by atoms with van der Waals surface area (Å²) in [7, 11) is 0. The molecule has 0 radical (unpaired) electrons. The molecule has 0 saturated carbocycles. The molecule has 74 valence electrons. The number of hydrogen-bond donors (Lipinski definition) is 0. The van der Waals surface area contributed by atoms with Crippen molar-refractivity contribution in [3.8, 4) is 0 Å². The molecule has 10 heavy (non-hydrogen) atoms. The first-order chi connectivity index (χ1) is 1.91. The average molecular weight is 154 g/mol.